The van der Waals surface area contributed by atoms with Crippen molar-refractivity contribution in [1.29, 1.82) is 0 Å². The molecule has 0 aliphatic heterocycles. The Morgan fingerprint density at radius 3 is 2.92 bits per heavy atom. The van der Waals surface area contributed by atoms with Gasteiger partial charge in [0.05, 0.1) is 6.20 Å². The molecule has 2 amide bonds. The first-order chi connectivity index (χ1) is 5.68. The third-order valence-electron chi connectivity index (χ3n) is 1.09. The Morgan fingerprint density at radius 1 is 1.67 bits per heavy atom. The van der Waals surface area contributed by atoms with E-state index in [1.165, 1.54) is 6.20 Å². The van der Waals surface area contributed by atoms with E-state index < -0.39 is 0 Å². The molecule has 0 fully saturated rings. The first-order valence-corrected chi connectivity index (χ1v) is 3.66. The van der Waals surface area contributed by atoms with E-state index in [1.54, 1.807) is 6.07 Å². The van der Waals surface area contributed by atoms with Gasteiger partial charge in [0.1, 0.15) is 0 Å². The molecule has 5 heteroatoms. The van der Waals surface area contributed by atoms with Crippen molar-refractivity contribution >= 4 is 11.9 Å². The Balaban J connectivity index is 2.37. The number of carbonyl (C=O) groups is 1. The lowest BCUT2D eigenvalue weighted by atomic mass is 10.4. The van der Waals surface area contributed by atoms with Gasteiger partial charge in [-0.1, -0.05) is 5.16 Å². The van der Waals surface area contributed by atoms with Crippen molar-refractivity contribution in [2.24, 2.45) is 0 Å². The van der Waals surface area contributed by atoms with Crippen LogP contribution in [0.2, 0.25) is 0 Å². The Labute approximate surface area is 70.1 Å². The summed E-state index contributed by atoms with van der Waals surface area (Å²) in [6.07, 6.45) is 1.46. The maximum atomic E-state index is 11.0. The monoisotopic (exact) mass is 169 g/mol. The van der Waals surface area contributed by atoms with Gasteiger partial charge in [0, 0.05) is 12.1 Å². The van der Waals surface area contributed by atoms with E-state index in [-0.39, 0.29) is 12.1 Å². The predicted molar refractivity (Wildman–Crippen MR) is 43.8 cm³/mol. The Morgan fingerprint density at radius 2 is 2.42 bits per heavy atom. The molecular formula is C7H11N3O2. The number of rotatable bonds is 2. The third-order valence-corrected chi connectivity index (χ3v) is 1.09. The highest BCUT2D eigenvalue weighted by molar-refractivity contribution is 5.87. The number of amides is 2. The molecule has 0 spiro atoms. The fourth-order valence-corrected chi connectivity index (χ4v) is 0.690. The largest absolute Gasteiger partial charge is 0.338 e. The van der Waals surface area contributed by atoms with Crippen LogP contribution >= 0.6 is 0 Å². The van der Waals surface area contributed by atoms with E-state index in [0.717, 1.165) is 0 Å². The van der Waals surface area contributed by atoms with Crippen LogP contribution in [0.25, 0.3) is 0 Å². The van der Waals surface area contributed by atoms with Crippen LogP contribution in [0.15, 0.2) is 16.8 Å². The number of nitrogens with zero attached hydrogens (tertiary/aromatic N) is 1. The van der Waals surface area contributed by atoms with E-state index in [0.29, 0.717) is 5.88 Å². The summed E-state index contributed by atoms with van der Waals surface area (Å²) in [5.41, 5.74) is 0. The molecule has 1 heterocycles. The summed E-state index contributed by atoms with van der Waals surface area (Å²) in [6.45, 7) is 3.75. The zero-order chi connectivity index (χ0) is 8.97. The van der Waals surface area contributed by atoms with Crippen molar-refractivity contribution in [1.82, 2.24) is 10.5 Å². The number of hydrogen-bond acceptors (Lipinski definition) is 3. The summed E-state index contributed by atoms with van der Waals surface area (Å²) in [7, 11) is 0. The van der Waals surface area contributed by atoms with Gasteiger partial charge in [-0.2, -0.15) is 0 Å². The van der Waals surface area contributed by atoms with Gasteiger partial charge in [0.25, 0.3) is 0 Å². The quantitative estimate of drug-likeness (QED) is 0.699. The molecule has 5 nitrogen and oxygen atoms in total. The lowest BCUT2D eigenvalue weighted by molar-refractivity contribution is 0.249. The second kappa shape index (κ2) is 3.75. The number of nitrogens with one attached hydrogen (secondary N) is 2. The fraction of sp³-hybridized carbons (Fsp3) is 0.429. The van der Waals surface area contributed by atoms with E-state index in [1.807, 2.05) is 13.8 Å². The predicted octanol–water partition coefficient (Wildman–Crippen LogP) is 1.20. The van der Waals surface area contributed by atoms with Crippen molar-refractivity contribution in [3.8, 4) is 0 Å². The Bertz CT molecular complexity index is 243. The van der Waals surface area contributed by atoms with Crippen molar-refractivity contribution in [3.05, 3.63) is 12.3 Å². The van der Waals surface area contributed by atoms with Crippen molar-refractivity contribution in [3.63, 3.8) is 0 Å². The summed E-state index contributed by atoms with van der Waals surface area (Å²) >= 11 is 0. The molecule has 2 N–H and O–H groups in total. The molecule has 0 saturated heterocycles. The first kappa shape index (κ1) is 8.58. The van der Waals surface area contributed by atoms with E-state index in [4.69, 9.17) is 0 Å². The summed E-state index contributed by atoms with van der Waals surface area (Å²) in [5.74, 6) is 0.341. The second-order valence-corrected chi connectivity index (χ2v) is 2.63. The van der Waals surface area contributed by atoms with Gasteiger partial charge < -0.3 is 9.84 Å². The molecule has 1 aromatic rings. The van der Waals surface area contributed by atoms with Crippen LogP contribution in [-0.2, 0) is 0 Å². The third kappa shape index (κ3) is 2.61. The normalized spacial score (nSPS) is 9.92. The zero-order valence-corrected chi connectivity index (χ0v) is 7.00. The van der Waals surface area contributed by atoms with Crippen LogP contribution in [0.5, 0.6) is 0 Å². The highest BCUT2D eigenvalue weighted by Gasteiger charge is 2.04. The maximum absolute atomic E-state index is 11.0. The zero-order valence-electron chi connectivity index (χ0n) is 7.00. The molecule has 0 saturated carbocycles. The Kier molecular flexibility index (Phi) is 2.68. The van der Waals surface area contributed by atoms with Crippen molar-refractivity contribution in [2.45, 2.75) is 19.9 Å². The minimum atomic E-state index is -0.290. The number of urea groups is 1. The maximum Gasteiger partial charge on any atom is 0.321 e. The van der Waals surface area contributed by atoms with Crippen LogP contribution in [0, 0.1) is 0 Å². The summed E-state index contributed by atoms with van der Waals surface area (Å²) in [5, 5.41) is 8.55. The van der Waals surface area contributed by atoms with Gasteiger partial charge in [0.15, 0.2) is 0 Å². The molecule has 0 aromatic carbocycles. The molecule has 66 valence electrons. The van der Waals surface area contributed by atoms with E-state index in [2.05, 4.69) is 20.3 Å². The summed E-state index contributed by atoms with van der Waals surface area (Å²) in [6, 6.07) is 1.38. The van der Waals surface area contributed by atoms with Gasteiger partial charge in [-0.15, -0.1) is 0 Å². The van der Waals surface area contributed by atoms with Gasteiger partial charge >= 0.3 is 6.03 Å². The van der Waals surface area contributed by atoms with Gasteiger partial charge in [-0.3, -0.25) is 5.32 Å². The van der Waals surface area contributed by atoms with Crippen LogP contribution in [0.3, 0.4) is 0 Å². The van der Waals surface area contributed by atoms with Crippen LogP contribution in [-0.4, -0.2) is 17.2 Å². The lowest BCUT2D eigenvalue weighted by Crippen LogP contribution is -2.33. The summed E-state index contributed by atoms with van der Waals surface area (Å²) < 4.78 is 4.66. The van der Waals surface area contributed by atoms with Crippen LogP contribution < -0.4 is 10.6 Å². The standard InChI is InChI=1S/C7H11N3O2/c1-5(2)9-7(11)10-6-3-4-8-12-6/h3-5H,1-2H3,(H2,9,10,11). The topological polar surface area (TPSA) is 67.2 Å². The average Bonchev–Trinajstić information content (AvgIpc) is 2.37. The number of hydrogen-bond donors (Lipinski definition) is 2. The molecule has 0 bridgehead atoms. The minimum Gasteiger partial charge on any atom is -0.338 e. The molecule has 0 atom stereocenters. The molecule has 12 heavy (non-hydrogen) atoms. The SMILES string of the molecule is CC(C)NC(=O)Nc1ccno1. The summed E-state index contributed by atoms with van der Waals surface area (Å²) in [4.78, 5) is 11.0. The smallest absolute Gasteiger partial charge is 0.321 e. The van der Waals surface area contributed by atoms with Crippen molar-refractivity contribution < 1.29 is 9.32 Å². The molecular weight excluding hydrogens is 158 g/mol. The van der Waals surface area contributed by atoms with E-state index >= 15 is 0 Å². The minimum absolute atomic E-state index is 0.105. The van der Waals surface area contributed by atoms with Crippen LogP contribution in [0.1, 0.15) is 13.8 Å². The van der Waals surface area contributed by atoms with E-state index in [9.17, 15) is 4.79 Å². The number of aromatic nitrogens is 1. The average molecular weight is 169 g/mol. The van der Waals surface area contributed by atoms with Crippen LogP contribution in [0.4, 0.5) is 10.7 Å². The second-order valence-electron chi connectivity index (χ2n) is 2.63. The highest BCUT2D eigenvalue weighted by atomic mass is 16.5. The lowest BCUT2D eigenvalue weighted by Gasteiger charge is -2.06. The Hall–Kier alpha value is -1.52. The van der Waals surface area contributed by atoms with Crippen molar-refractivity contribution in [2.75, 3.05) is 5.32 Å². The molecule has 1 rings (SSSR count). The van der Waals surface area contributed by atoms with Gasteiger partial charge in [0.2, 0.25) is 5.88 Å². The van der Waals surface area contributed by atoms with Gasteiger partial charge in [-0.25, -0.2) is 4.79 Å². The molecule has 1 aromatic heterocycles. The number of anilines is 1. The molecule has 0 radical (unpaired) electrons. The molecule has 0 unspecified atom stereocenters. The fourth-order valence-electron chi connectivity index (χ4n) is 0.690. The number of carbonyl (C=O) groups excluding carboxylic acids is 1. The first-order valence-electron chi connectivity index (χ1n) is 3.66. The molecule has 0 aliphatic carbocycles. The van der Waals surface area contributed by atoms with Gasteiger partial charge in [-0.05, 0) is 13.8 Å². The highest BCUT2D eigenvalue weighted by Crippen LogP contribution is 2.02. The molecule has 0 aliphatic rings.